The molecule has 1 saturated carbocycles. The van der Waals surface area contributed by atoms with E-state index in [0.717, 1.165) is 18.2 Å². The van der Waals surface area contributed by atoms with Crippen LogP contribution in [0.2, 0.25) is 0 Å². The van der Waals surface area contributed by atoms with Crippen molar-refractivity contribution in [3.8, 4) is 0 Å². The van der Waals surface area contributed by atoms with Gasteiger partial charge in [-0.25, -0.2) is 0 Å². The van der Waals surface area contributed by atoms with E-state index in [1.165, 1.54) is 0 Å². The molecular weight excluding hydrogens is 228 g/mol. The van der Waals surface area contributed by atoms with Gasteiger partial charge in [-0.2, -0.15) is 0 Å². The van der Waals surface area contributed by atoms with Crippen LogP contribution in [0.3, 0.4) is 0 Å². The Hall–Kier alpha value is -2.02. The monoisotopic (exact) mass is 242 g/mol. The summed E-state index contributed by atoms with van der Waals surface area (Å²) in [5, 5.41) is 21.7. The van der Waals surface area contributed by atoms with E-state index < -0.39 is 40.3 Å². The van der Waals surface area contributed by atoms with Crippen LogP contribution in [-0.4, -0.2) is 23.0 Å². The highest BCUT2D eigenvalue weighted by Crippen LogP contribution is 2.46. The number of hydrogen-bond acceptors (Lipinski definition) is 5. The molecule has 0 N–H and O–H groups in total. The first-order valence-electron chi connectivity index (χ1n) is 6.66. The number of rotatable bonds is 4. The van der Waals surface area contributed by atoms with Crippen LogP contribution in [0.25, 0.3) is 0 Å². The van der Waals surface area contributed by atoms with Gasteiger partial charge in [-0.1, -0.05) is 0 Å². The van der Waals surface area contributed by atoms with E-state index in [2.05, 4.69) is 4.74 Å². The zero-order valence-corrected chi connectivity index (χ0v) is 8.45. The number of ether oxygens (including phenoxy) is 1. The van der Waals surface area contributed by atoms with Crippen molar-refractivity contribution in [1.82, 2.24) is 0 Å². The molecular formula is C10H10N2O5. The smallest absolute Gasteiger partial charge is 0.279 e. The maximum Gasteiger partial charge on any atom is 0.279 e. The number of benzene rings is 1. The molecule has 90 valence electrons. The maximum absolute atomic E-state index is 11.0. The molecule has 1 aliphatic carbocycles. The molecule has 17 heavy (non-hydrogen) atoms. The van der Waals surface area contributed by atoms with Crippen molar-refractivity contribution >= 4 is 11.4 Å². The molecule has 7 heteroatoms. The Balaban J connectivity index is 2.37. The molecule has 0 heterocycles. The Labute approximate surface area is 102 Å². The molecule has 1 aromatic rings. The molecule has 1 aliphatic rings. The fourth-order valence-electron chi connectivity index (χ4n) is 1.59. The van der Waals surface area contributed by atoms with Crippen molar-refractivity contribution in [2.24, 2.45) is 0 Å². The zero-order chi connectivity index (χ0) is 16.0. The van der Waals surface area contributed by atoms with Crippen molar-refractivity contribution in [3.63, 3.8) is 0 Å². The fraction of sp³-hybridized carbons (Fsp3) is 0.400. The van der Waals surface area contributed by atoms with E-state index in [4.69, 9.17) is 5.48 Å². The van der Waals surface area contributed by atoms with Gasteiger partial charge >= 0.3 is 0 Å². The second-order valence-electron chi connectivity index (χ2n) is 3.55. The quantitative estimate of drug-likeness (QED) is 0.594. The Morgan fingerprint density at radius 2 is 2.24 bits per heavy atom. The second-order valence-corrected chi connectivity index (χ2v) is 3.55. The van der Waals surface area contributed by atoms with Crippen LogP contribution in [0.4, 0.5) is 11.4 Å². The van der Waals surface area contributed by atoms with Crippen molar-refractivity contribution < 1.29 is 20.1 Å². The topological polar surface area (TPSA) is 95.5 Å². The van der Waals surface area contributed by atoms with Gasteiger partial charge in [-0.05, 0) is 12.5 Å². The first-order chi connectivity index (χ1) is 9.54. The van der Waals surface area contributed by atoms with Crippen LogP contribution >= 0.6 is 0 Å². The minimum absolute atomic E-state index is 0.0238. The van der Waals surface area contributed by atoms with Gasteiger partial charge in [0, 0.05) is 25.9 Å². The Morgan fingerprint density at radius 1 is 1.47 bits per heavy atom. The molecule has 1 aromatic carbocycles. The van der Waals surface area contributed by atoms with Gasteiger partial charge in [-0.3, -0.25) is 20.2 Å². The summed E-state index contributed by atoms with van der Waals surface area (Å²) in [5.41, 5.74) is -1.15. The summed E-state index contributed by atoms with van der Waals surface area (Å²) in [6.07, 6.45) is -1.03. The average molecular weight is 242 g/mol. The molecule has 0 aromatic heterocycles. The molecule has 7 nitrogen and oxygen atoms in total. The summed E-state index contributed by atoms with van der Waals surface area (Å²) in [4.78, 5) is 20.0. The molecule has 0 bridgehead atoms. The largest absolute Gasteiger partial charge is 0.381 e. The Kier molecular flexibility index (Phi) is 1.77. The number of methoxy groups -OCH3 is 1. The highest BCUT2D eigenvalue weighted by atomic mass is 16.6. The Morgan fingerprint density at radius 3 is 2.82 bits per heavy atom. The standard InChI is InChI=1S/C10H10N2O5/c1-17-10-5-8(10)7-3-2-6(11(13)14)4-9(7)12(15)16/h2-4,8,10H,5H2,1H3/t8-,10+/m0/s1/i1D3,8D. The van der Waals surface area contributed by atoms with Gasteiger partial charge in [0.05, 0.1) is 26.1 Å². The SMILES string of the molecule is [2H]C([2H])([2H])O[C@@H]1C[C@@]1([2H])c1ccc([N+](=O)[O-])cc1[N+](=O)[O-]. The van der Waals surface area contributed by atoms with Gasteiger partial charge in [0.2, 0.25) is 0 Å². The van der Waals surface area contributed by atoms with Gasteiger partial charge in [0.15, 0.2) is 0 Å². The number of non-ortho nitro benzene ring substituents is 1. The molecule has 2 rings (SSSR count). The molecule has 0 radical (unpaired) electrons. The molecule has 0 unspecified atom stereocenters. The molecule has 2 atom stereocenters. The van der Waals surface area contributed by atoms with Gasteiger partial charge in [0.25, 0.3) is 11.4 Å². The van der Waals surface area contributed by atoms with Crippen molar-refractivity contribution in [1.29, 1.82) is 0 Å². The number of hydrogen-bond donors (Lipinski definition) is 0. The zero-order valence-electron chi connectivity index (χ0n) is 12.5. The van der Waals surface area contributed by atoms with Gasteiger partial charge in [-0.15, -0.1) is 0 Å². The fourth-order valence-corrected chi connectivity index (χ4v) is 1.59. The van der Waals surface area contributed by atoms with Crippen LogP contribution in [0.15, 0.2) is 18.2 Å². The molecule has 1 fully saturated rings. The lowest BCUT2D eigenvalue weighted by molar-refractivity contribution is -0.394. The molecule has 0 amide bonds. The lowest BCUT2D eigenvalue weighted by Gasteiger charge is -2.01. The summed E-state index contributed by atoms with van der Waals surface area (Å²) in [5.74, 6) is -1.58. The van der Waals surface area contributed by atoms with Crippen molar-refractivity contribution in [2.75, 3.05) is 7.04 Å². The normalized spacial score (nSPS) is 30.7. The van der Waals surface area contributed by atoms with E-state index in [1.54, 1.807) is 0 Å². The minimum Gasteiger partial charge on any atom is -0.381 e. The van der Waals surface area contributed by atoms with Crippen LogP contribution in [-0.2, 0) is 4.74 Å². The summed E-state index contributed by atoms with van der Waals surface area (Å²) in [6, 6.07) is 2.91. The summed E-state index contributed by atoms with van der Waals surface area (Å²) < 4.78 is 33.7. The second kappa shape index (κ2) is 4.10. The average Bonchev–Trinajstić information content (AvgIpc) is 2.97. The van der Waals surface area contributed by atoms with E-state index in [0.29, 0.717) is 0 Å². The highest BCUT2D eigenvalue weighted by Gasteiger charge is 2.42. The number of nitro groups is 2. The van der Waals surface area contributed by atoms with Crippen LogP contribution in [0, 0.1) is 20.2 Å². The predicted molar refractivity (Wildman–Crippen MR) is 57.9 cm³/mol. The van der Waals surface area contributed by atoms with Crippen molar-refractivity contribution in [3.05, 3.63) is 44.0 Å². The third-order valence-corrected chi connectivity index (χ3v) is 2.51. The third-order valence-electron chi connectivity index (χ3n) is 2.51. The van der Waals surface area contributed by atoms with E-state index in [9.17, 15) is 20.2 Å². The summed E-state index contributed by atoms with van der Waals surface area (Å²) in [6.45, 7) is 0. The lowest BCUT2D eigenvalue weighted by Crippen LogP contribution is -1.99. The van der Waals surface area contributed by atoms with Gasteiger partial charge < -0.3 is 4.74 Å². The number of nitro benzene ring substituents is 2. The van der Waals surface area contributed by atoms with E-state index in [-0.39, 0.29) is 12.0 Å². The molecule has 0 aliphatic heterocycles. The maximum atomic E-state index is 11.0. The van der Waals surface area contributed by atoms with E-state index >= 15 is 0 Å². The highest BCUT2D eigenvalue weighted by molar-refractivity contribution is 5.52. The summed E-state index contributed by atoms with van der Waals surface area (Å²) in [7, 11) is -2.71. The molecule has 0 saturated heterocycles. The first-order valence-corrected chi connectivity index (χ1v) is 4.66. The molecule has 0 spiro atoms. The van der Waals surface area contributed by atoms with Crippen LogP contribution < -0.4 is 0 Å². The minimum atomic E-state index is -2.71. The summed E-state index contributed by atoms with van der Waals surface area (Å²) >= 11 is 0. The van der Waals surface area contributed by atoms with Crippen LogP contribution in [0.1, 0.15) is 23.4 Å². The van der Waals surface area contributed by atoms with E-state index in [1.807, 2.05) is 0 Å². The first kappa shape index (κ1) is 7.33. The number of nitrogens with zero attached hydrogens (tertiary/aromatic N) is 2. The van der Waals surface area contributed by atoms with Crippen LogP contribution in [0.5, 0.6) is 0 Å². The van der Waals surface area contributed by atoms with Gasteiger partial charge in [0.1, 0.15) is 0 Å². The lowest BCUT2D eigenvalue weighted by atomic mass is 10.1. The Bertz CT molecular complexity index is 620. The third kappa shape index (κ3) is 2.09. The van der Waals surface area contributed by atoms with Crippen molar-refractivity contribution in [2.45, 2.75) is 18.4 Å². The predicted octanol–water partition coefficient (Wildman–Crippen LogP) is 2.01.